The zero-order valence-electron chi connectivity index (χ0n) is 17.2. The summed E-state index contributed by atoms with van der Waals surface area (Å²) >= 11 is 11.2. The van der Waals surface area contributed by atoms with Crippen LogP contribution in [-0.2, 0) is 16.1 Å². The van der Waals surface area contributed by atoms with E-state index in [4.69, 9.17) is 39.8 Å². The number of halogens is 2. The Balaban J connectivity index is 1.64. The molecule has 0 aliphatic heterocycles. The maximum atomic E-state index is 12.4. The highest BCUT2D eigenvalue weighted by Gasteiger charge is 2.39. The quantitative estimate of drug-likeness (QED) is 0.223. The number of carbonyl (C=O) groups is 3. The molecule has 13 nitrogen and oxygen atoms in total. The molecule has 3 rings (SSSR count). The highest BCUT2D eigenvalue weighted by Crippen LogP contribution is 2.27. The van der Waals surface area contributed by atoms with Crippen molar-refractivity contribution in [3.8, 4) is 0 Å². The highest BCUT2D eigenvalue weighted by molar-refractivity contribution is 6.57. The molecular weight excluding hydrogens is 491 g/mol. The van der Waals surface area contributed by atoms with Gasteiger partial charge in [-0.3, -0.25) is 4.79 Å². The minimum absolute atomic E-state index is 0.00417. The fraction of sp³-hybridized carbons (Fsp3) is 0.211. The van der Waals surface area contributed by atoms with Crippen molar-refractivity contribution >= 4 is 69.7 Å². The minimum atomic E-state index is -2.38. The van der Waals surface area contributed by atoms with E-state index in [2.05, 4.69) is 30.6 Å². The summed E-state index contributed by atoms with van der Waals surface area (Å²) in [6.07, 6.45) is 0.765. The minimum Gasteiger partial charge on any atom is -0.480 e. The van der Waals surface area contributed by atoms with Crippen LogP contribution in [0.3, 0.4) is 0 Å². The van der Waals surface area contributed by atoms with Gasteiger partial charge in [0, 0.05) is 17.7 Å². The summed E-state index contributed by atoms with van der Waals surface area (Å²) in [5.74, 6) is -3.75. The number of carbonyl (C=O) groups excluding carboxylic acids is 1. The molecule has 2 aromatic heterocycles. The second-order valence-electron chi connectivity index (χ2n) is 7.01. The summed E-state index contributed by atoms with van der Waals surface area (Å²) in [6.45, 7) is 0.266. The first-order valence-corrected chi connectivity index (χ1v) is 10.3. The number of benzene rings is 1. The summed E-state index contributed by atoms with van der Waals surface area (Å²) in [6, 6.07) is 4.45. The van der Waals surface area contributed by atoms with Crippen molar-refractivity contribution < 1.29 is 24.6 Å². The first kappa shape index (κ1) is 24.7. The topological polar surface area (TPSA) is 219 Å². The molecule has 8 N–H and O–H groups in total. The van der Waals surface area contributed by atoms with Gasteiger partial charge in [0.2, 0.25) is 10.3 Å². The second kappa shape index (κ2) is 9.89. The molecule has 0 aliphatic carbocycles. The normalized spacial score (nSPS) is 12.2. The number of nitrogens with zero attached hydrogens (tertiary/aromatic N) is 4. The molecule has 0 fully saturated rings. The average molecular weight is 509 g/mol. The third-order valence-electron chi connectivity index (χ3n) is 4.50. The van der Waals surface area contributed by atoms with E-state index in [1.54, 1.807) is 12.1 Å². The maximum absolute atomic E-state index is 12.4. The fourth-order valence-electron chi connectivity index (χ4n) is 2.79. The Morgan fingerprint density at radius 3 is 2.35 bits per heavy atom. The number of carboxylic acids is 2. The largest absolute Gasteiger partial charge is 0.480 e. The monoisotopic (exact) mass is 508 g/mol. The molecule has 0 saturated carbocycles. The number of nitrogen functional groups attached to an aromatic ring is 2. The third-order valence-corrected chi connectivity index (χ3v) is 5.13. The molecule has 1 amide bonds. The Kier molecular flexibility index (Phi) is 7.17. The molecule has 0 radical (unpaired) electrons. The van der Waals surface area contributed by atoms with E-state index in [-0.39, 0.29) is 29.5 Å². The first-order chi connectivity index (χ1) is 16.0. The first-order valence-electron chi connectivity index (χ1n) is 9.49. The van der Waals surface area contributed by atoms with Gasteiger partial charge in [-0.05, 0) is 24.3 Å². The van der Waals surface area contributed by atoms with Crippen LogP contribution in [0.2, 0.25) is 0 Å². The molecule has 0 saturated heterocycles. The molecule has 2 heterocycles. The Labute approximate surface area is 201 Å². The zero-order chi connectivity index (χ0) is 25.0. The van der Waals surface area contributed by atoms with E-state index in [0.717, 1.165) is 0 Å². The van der Waals surface area contributed by atoms with Crippen LogP contribution in [0, 0.1) is 0 Å². The number of hydrogen-bond acceptors (Lipinski definition) is 10. The SMILES string of the molecule is Nc1nc(N)c2nc(CNc3ccc(C(=O)NC(CC(Cl)(Cl)C(=O)O)C(=O)O)cc3)cnc2n1. The highest BCUT2D eigenvalue weighted by atomic mass is 35.5. The van der Waals surface area contributed by atoms with Crippen LogP contribution in [0.1, 0.15) is 22.5 Å². The Morgan fingerprint density at radius 2 is 1.74 bits per heavy atom. The molecule has 0 aliphatic rings. The third kappa shape index (κ3) is 5.88. The van der Waals surface area contributed by atoms with Gasteiger partial charge in [-0.1, -0.05) is 23.2 Å². The van der Waals surface area contributed by atoms with Crippen molar-refractivity contribution in [1.29, 1.82) is 0 Å². The van der Waals surface area contributed by atoms with Gasteiger partial charge in [-0.25, -0.2) is 19.6 Å². The molecule has 1 atom stereocenters. The van der Waals surface area contributed by atoms with Gasteiger partial charge in [0.25, 0.3) is 5.91 Å². The lowest BCUT2D eigenvalue weighted by molar-refractivity contribution is -0.141. The maximum Gasteiger partial charge on any atom is 0.340 e. The van der Waals surface area contributed by atoms with Crippen LogP contribution in [0.5, 0.6) is 0 Å². The number of nitrogens with two attached hydrogens (primary N) is 2. The van der Waals surface area contributed by atoms with Crippen LogP contribution < -0.4 is 22.1 Å². The predicted octanol–water partition coefficient (Wildman–Crippen LogP) is 1.03. The zero-order valence-corrected chi connectivity index (χ0v) is 18.7. The van der Waals surface area contributed by atoms with Crippen molar-refractivity contribution in [1.82, 2.24) is 25.3 Å². The number of fused-ring (bicyclic) bond motifs is 1. The van der Waals surface area contributed by atoms with E-state index >= 15 is 0 Å². The number of alkyl halides is 2. The predicted molar refractivity (Wildman–Crippen MR) is 123 cm³/mol. The van der Waals surface area contributed by atoms with Gasteiger partial charge in [0.1, 0.15) is 6.04 Å². The van der Waals surface area contributed by atoms with Crippen molar-refractivity contribution in [2.45, 2.75) is 23.3 Å². The molecule has 0 spiro atoms. The second-order valence-corrected chi connectivity index (χ2v) is 8.49. The molecule has 15 heteroatoms. The molecule has 178 valence electrons. The molecular formula is C19H18Cl2N8O5. The van der Waals surface area contributed by atoms with Gasteiger partial charge < -0.3 is 32.3 Å². The molecule has 1 aromatic carbocycles. The van der Waals surface area contributed by atoms with E-state index in [1.165, 1.54) is 18.3 Å². The standard InChI is InChI=1S/C19H18Cl2N8O5/c20-19(21,17(33)34)5-11(16(31)32)27-15(30)8-1-3-9(4-2-8)24-6-10-7-25-14-12(26-10)13(22)28-18(23)29-14/h1-4,7,11,24H,5-6H2,(H,27,30)(H,31,32)(H,33,34)(H4,22,23,25,28,29). The van der Waals surface area contributed by atoms with E-state index in [9.17, 15) is 19.5 Å². The summed E-state index contributed by atoms with van der Waals surface area (Å²) < 4.78 is -2.38. The number of aliphatic carboxylic acids is 2. The lowest BCUT2D eigenvalue weighted by atomic mass is 10.1. The Hall–Kier alpha value is -3.97. The van der Waals surface area contributed by atoms with Crippen molar-refractivity contribution in [2.75, 3.05) is 16.8 Å². The summed E-state index contributed by atoms with van der Waals surface area (Å²) in [7, 11) is 0. The number of nitrogens with one attached hydrogen (secondary N) is 2. The van der Waals surface area contributed by atoms with Crippen LogP contribution in [-0.4, -0.2) is 58.4 Å². The summed E-state index contributed by atoms with van der Waals surface area (Å²) in [5, 5.41) is 23.5. The van der Waals surface area contributed by atoms with E-state index in [1.807, 2.05) is 0 Å². The lowest BCUT2D eigenvalue weighted by Crippen LogP contribution is -2.45. The van der Waals surface area contributed by atoms with E-state index in [0.29, 0.717) is 16.9 Å². The lowest BCUT2D eigenvalue weighted by Gasteiger charge is -2.20. The average Bonchev–Trinajstić information content (AvgIpc) is 2.77. The number of hydrogen-bond donors (Lipinski definition) is 6. The number of aromatic nitrogens is 4. The smallest absolute Gasteiger partial charge is 0.340 e. The van der Waals surface area contributed by atoms with Gasteiger partial charge >= 0.3 is 11.9 Å². The Morgan fingerprint density at radius 1 is 1.06 bits per heavy atom. The fourth-order valence-corrected chi connectivity index (χ4v) is 3.09. The van der Waals surface area contributed by atoms with Crippen molar-refractivity contribution in [3.05, 3.63) is 41.7 Å². The van der Waals surface area contributed by atoms with Crippen LogP contribution in [0.4, 0.5) is 17.5 Å². The van der Waals surface area contributed by atoms with Gasteiger partial charge in [0.05, 0.1) is 18.4 Å². The molecule has 34 heavy (non-hydrogen) atoms. The van der Waals surface area contributed by atoms with E-state index < -0.39 is 34.6 Å². The van der Waals surface area contributed by atoms with Gasteiger partial charge in [-0.2, -0.15) is 9.97 Å². The number of rotatable bonds is 9. The molecule has 0 bridgehead atoms. The van der Waals surface area contributed by atoms with Gasteiger partial charge in [-0.15, -0.1) is 0 Å². The number of anilines is 3. The summed E-state index contributed by atoms with van der Waals surface area (Å²) in [4.78, 5) is 51.1. The molecule has 1 unspecified atom stereocenters. The van der Waals surface area contributed by atoms with Crippen LogP contribution >= 0.6 is 23.2 Å². The van der Waals surface area contributed by atoms with Crippen LogP contribution in [0.25, 0.3) is 11.2 Å². The molecule has 3 aromatic rings. The van der Waals surface area contributed by atoms with Gasteiger partial charge in [0.15, 0.2) is 17.0 Å². The Bertz CT molecular complexity index is 1260. The number of amides is 1. The summed E-state index contributed by atoms with van der Waals surface area (Å²) in [5.41, 5.74) is 13.2. The van der Waals surface area contributed by atoms with Crippen LogP contribution in [0.15, 0.2) is 30.5 Å². The van der Waals surface area contributed by atoms with Crippen molar-refractivity contribution in [3.63, 3.8) is 0 Å². The van der Waals surface area contributed by atoms with Crippen molar-refractivity contribution in [2.24, 2.45) is 0 Å². The number of carboxylic acid groups (broad SMARTS) is 2.